The third kappa shape index (κ3) is 3.71. The maximum atomic E-state index is 10.9. The van der Waals surface area contributed by atoms with E-state index in [9.17, 15) is 4.79 Å². The molecule has 0 saturated carbocycles. The van der Waals surface area contributed by atoms with Crippen molar-refractivity contribution in [1.82, 2.24) is 10.2 Å². The number of hydrogen-bond donors (Lipinski definition) is 2. The zero-order valence-electron chi connectivity index (χ0n) is 9.71. The molecule has 0 aliphatic rings. The Morgan fingerprint density at radius 2 is 2.11 bits per heavy atom. The Labute approximate surface area is 113 Å². The normalized spacial score (nSPS) is 10.3. The zero-order valence-corrected chi connectivity index (χ0v) is 11.3. The van der Waals surface area contributed by atoms with Gasteiger partial charge in [0.25, 0.3) is 0 Å². The lowest BCUT2D eigenvalue weighted by Gasteiger charge is -2.03. The maximum absolute atomic E-state index is 10.9. The van der Waals surface area contributed by atoms with Gasteiger partial charge in [-0.2, -0.15) is 0 Å². The Morgan fingerprint density at radius 1 is 1.39 bits per heavy atom. The molecule has 5 nitrogen and oxygen atoms in total. The molecule has 0 aliphatic heterocycles. The van der Waals surface area contributed by atoms with Crippen LogP contribution in [-0.4, -0.2) is 16.1 Å². The predicted octanol–water partition coefficient (Wildman–Crippen LogP) is 2.37. The van der Waals surface area contributed by atoms with Crippen LogP contribution in [-0.2, 0) is 10.5 Å². The smallest absolute Gasteiger partial charge is 0.221 e. The van der Waals surface area contributed by atoms with Crippen LogP contribution in [0.5, 0.6) is 0 Å². The SMILES string of the molecule is CC(=O)Nc1ccc(SCc2nnc(N)s2)cc1. The van der Waals surface area contributed by atoms with E-state index >= 15 is 0 Å². The lowest BCUT2D eigenvalue weighted by atomic mass is 10.3. The van der Waals surface area contributed by atoms with E-state index < -0.39 is 0 Å². The molecule has 0 fully saturated rings. The van der Waals surface area contributed by atoms with Gasteiger partial charge in [0.1, 0.15) is 5.01 Å². The van der Waals surface area contributed by atoms with Crippen LogP contribution < -0.4 is 11.1 Å². The standard InChI is InChI=1S/C11H12N4OS2/c1-7(16)13-8-2-4-9(5-3-8)17-6-10-14-15-11(12)18-10/h2-5H,6H2,1H3,(H2,12,15)(H,13,16). The van der Waals surface area contributed by atoms with Gasteiger partial charge in [-0.05, 0) is 24.3 Å². The topological polar surface area (TPSA) is 80.9 Å². The molecule has 2 rings (SSSR count). The molecule has 0 spiro atoms. The highest BCUT2D eigenvalue weighted by Crippen LogP contribution is 2.25. The van der Waals surface area contributed by atoms with E-state index in [-0.39, 0.29) is 5.91 Å². The van der Waals surface area contributed by atoms with Crippen LogP contribution in [0.3, 0.4) is 0 Å². The summed E-state index contributed by atoms with van der Waals surface area (Å²) in [7, 11) is 0. The van der Waals surface area contributed by atoms with Crippen LogP contribution in [0.4, 0.5) is 10.8 Å². The van der Waals surface area contributed by atoms with Crippen molar-refractivity contribution in [2.45, 2.75) is 17.6 Å². The number of amides is 1. The first-order chi connectivity index (χ1) is 8.63. The summed E-state index contributed by atoms with van der Waals surface area (Å²) in [5, 5.41) is 11.8. The van der Waals surface area contributed by atoms with E-state index in [1.807, 2.05) is 24.3 Å². The molecule has 18 heavy (non-hydrogen) atoms. The lowest BCUT2D eigenvalue weighted by molar-refractivity contribution is -0.114. The van der Waals surface area contributed by atoms with Crippen molar-refractivity contribution in [1.29, 1.82) is 0 Å². The number of anilines is 2. The van der Waals surface area contributed by atoms with Gasteiger partial charge < -0.3 is 11.1 Å². The third-order valence-corrected chi connectivity index (χ3v) is 3.98. The van der Waals surface area contributed by atoms with Crippen LogP contribution in [0.25, 0.3) is 0 Å². The molecule has 2 aromatic rings. The Morgan fingerprint density at radius 3 is 2.67 bits per heavy atom. The summed E-state index contributed by atoms with van der Waals surface area (Å²) in [5.74, 6) is 0.675. The highest BCUT2D eigenvalue weighted by molar-refractivity contribution is 7.98. The van der Waals surface area contributed by atoms with Gasteiger partial charge >= 0.3 is 0 Å². The van der Waals surface area contributed by atoms with E-state index in [0.717, 1.165) is 21.3 Å². The van der Waals surface area contributed by atoms with Crippen molar-refractivity contribution in [2.24, 2.45) is 0 Å². The average Bonchev–Trinajstić information content (AvgIpc) is 2.74. The second kappa shape index (κ2) is 5.83. The van der Waals surface area contributed by atoms with Gasteiger partial charge in [0, 0.05) is 17.5 Å². The van der Waals surface area contributed by atoms with E-state index in [2.05, 4.69) is 15.5 Å². The van der Waals surface area contributed by atoms with Crippen molar-refractivity contribution >= 4 is 39.8 Å². The summed E-state index contributed by atoms with van der Waals surface area (Å²) in [5.41, 5.74) is 6.31. The average molecular weight is 280 g/mol. The van der Waals surface area contributed by atoms with Crippen molar-refractivity contribution in [2.75, 3.05) is 11.1 Å². The Bertz CT molecular complexity index is 538. The number of nitrogens with zero attached hydrogens (tertiary/aromatic N) is 2. The molecule has 0 radical (unpaired) electrons. The number of nitrogens with two attached hydrogens (primary N) is 1. The number of carbonyl (C=O) groups excluding carboxylic acids is 1. The van der Waals surface area contributed by atoms with Crippen LogP contribution in [0.2, 0.25) is 0 Å². The van der Waals surface area contributed by atoms with Gasteiger partial charge in [0.15, 0.2) is 0 Å². The minimum Gasteiger partial charge on any atom is -0.374 e. The molecular weight excluding hydrogens is 268 g/mol. The van der Waals surface area contributed by atoms with Gasteiger partial charge in [-0.15, -0.1) is 22.0 Å². The van der Waals surface area contributed by atoms with E-state index in [0.29, 0.717) is 5.13 Å². The molecule has 3 N–H and O–H groups in total. The first kappa shape index (κ1) is 12.8. The van der Waals surface area contributed by atoms with Crippen LogP contribution >= 0.6 is 23.1 Å². The number of aromatic nitrogens is 2. The molecule has 1 heterocycles. The minimum absolute atomic E-state index is 0.0697. The van der Waals surface area contributed by atoms with E-state index in [1.165, 1.54) is 18.3 Å². The number of rotatable bonds is 4. The van der Waals surface area contributed by atoms with Crippen molar-refractivity contribution in [3.05, 3.63) is 29.3 Å². The summed E-state index contributed by atoms with van der Waals surface area (Å²) in [6.45, 7) is 1.49. The van der Waals surface area contributed by atoms with Gasteiger partial charge in [0.2, 0.25) is 11.0 Å². The fourth-order valence-corrected chi connectivity index (χ4v) is 2.80. The maximum Gasteiger partial charge on any atom is 0.221 e. The van der Waals surface area contributed by atoms with Crippen molar-refractivity contribution in [3.63, 3.8) is 0 Å². The highest BCUT2D eigenvalue weighted by Gasteiger charge is 2.02. The first-order valence-electron chi connectivity index (χ1n) is 5.22. The van der Waals surface area contributed by atoms with Gasteiger partial charge in [-0.25, -0.2) is 0 Å². The van der Waals surface area contributed by atoms with Crippen LogP contribution in [0.1, 0.15) is 11.9 Å². The molecule has 0 saturated heterocycles. The summed E-state index contributed by atoms with van der Waals surface area (Å²) < 4.78 is 0. The largest absolute Gasteiger partial charge is 0.374 e. The van der Waals surface area contributed by atoms with Gasteiger partial charge in [0.05, 0.1) is 5.75 Å². The number of hydrogen-bond acceptors (Lipinski definition) is 6. The van der Waals surface area contributed by atoms with E-state index in [1.54, 1.807) is 11.8 Å². The van der Waals surface area contributed by atoms with Crippen molar-refractivity contribution < 1.29 is 4.79 Å². The molecule has 0 aliphatic carbocycles. The molecule has 0 bridgehead atoms. The minimum atomic E-state index is -0.0697. The molecule has 1 aromatic heterocycles. The number of nitrogen functional groups attached to an aromatic ring is 1. The monoisotopic (exact) mass is 280 g/mol. The fourth-order valence-electron chi connectivity index (χ4n) is 1.31. The molecule has 7 heteroatoms. The van der Waals surface area contributed by atoms with Crippen molar-refractivity contribution in [3.8, 4) is 0 Å². The van der Waals surface area contributed by atoms with Gasteiger partial charge in [-0.1, -0.05) is 11.3 Å². The van der Waals surface area contributed by atoms with E-state index in [4.69, 9.17) is 5.73 Å². The number of benzene rings is 1. The zero-order chi connectivity index (χ0) is 13.0. The Kier molecular flexibility index (Phi) is 4.16. The molecule has 0 unspecified atom stereocenters. The Hall–Kier alpha value is -1.60. The van der Waals surface area contributed by atoms with Crippen LogP contribution in [0, 0.1) is 0 Å². The fraction of sp³-hybridized carbons (Fsp3) is 0.182. The number of thioether (sulfide) groups is 1. The Balaban J connectivity index is 1.92. The second-order valence-corrected chi connectivity index (χ2v) is 5.67. The lowest BCUT2D eigenvalue weighted by Crippen LogP contribution is -2.05. The summed E-state index contributed by atoms with van der Waals surface area (Å²) >= 11 is 3.05. The first-order valence-corrected chi connectivity index (χ1v) is 7.02. The highest BCUT2D eigenvalue weighted by atomic mass is 32.2. The third-order valence-electron chi connectivity index (χ3n) is 2.02. The molecular formula is C11H12N4OS2. The summed E-state index contributed by atoms with van der Waals surface area (Å²) in [6.07, 6.45) is 0. The van der Waals surface area contributed by atoms with Gasteiger partial charge in [-0.3, -0.25) is 4.79 Å². The van der Waals surface area contributed by atoms with Crippen LogP contribution in [0.15, 0.2) is 29.2 Å². The quantitative estimate of drug-likeness (QED) is 0.840. The number of nitrogens with one attached hydrogen (secondary N) is 1. The summed E-state index contributed by atoms with van der Waals surface area (Å²) in [6, 6.07) is 7.66. The predicted molar refractivity (Wildman–Crippen MR) is 74.6 cm³/mol. The molecule has 1 aromatic carbocycles. The molecule has 94 valence electrons. The summed E-state index contributed by atoms with van der Waals surface area (Å²) in [4.78, 5) is 12.0. The second-order valence-electron chi connectivity index (χ2n) is 3.53. The molecule has 0 atom stereocenters. The molecule has 1 amide bonds. The number of carbonyl (C=O) groups is 1.